The number of aliphatic imine (C=N–C) groups is 1. The van der Waals surface area contributed by atoms with Crippen molar-refractivity contribution in [3.05, 3.63) is 52.2 Å². The van der Waals surface area contributed by atoms with Crippen LogP contribution < -0.4 is 5.73 Å². The van der Waals surface area contributed by atoms with Gasteiger partial charge in [-0.2, -0.15) is 0 Å². The SMILES string of the molecule is NC1=NCC(c2ccc(O)cc2)N1Cc1cccs1. The topological polar surface area (TPSA) is 61.9 Å². The molecule has 0 fully saturated rings. The second-order valence-electron chi connectivity index (χ2n) is 4.51. The predicted octanol–water partition coefficient (Wildman–Crippen LogP) is 2.33. The van der Waals surface area contributed by atoms with Crippen LogP contribution in [0.5, 0.6) is 5.75 Å². The van der Waals surface area contributed by atoms with E-state index in [1.54, 1.807) is 23.5 Å². The zero-order valence-electron chi connectivity index (χ0n) is 10.4. The molecule has 2 heterocycles. The van der Waals surface area contributed by atoms with Crippen LogP contribution in [0.25, 0.3) is 0 Å². The number of benzene rings is 1. The Labute approximate surface area is 115 Å². The first-order valence-corrected chi connectivity index (χ1v) is 7.00. The van der Waals surface area contributed by atoms with Crippen LogP contribution >= 0.6 is 11.3 Å². The molecule has 1 aliphatic rings. The van der Waals surface area contributed by atoms with E-state index in [0.29, 0.717) is 12.5 Å². The number of nitrogens with zero attached hydrogens (tertiary/aromatic N) is 2. The molecule has 1 unspecified atom stereocenters. The molecule has 3 N–H and O–H groups in total. The van der Waals surface area contributed by atoms with Crippen LogP contribution in [-0.2, 0) is 6.54 Å². The Kier molecular flexibility index (Phi) is 3.13. The van der Waals surface area contributed by atoms with Gasteiger partial charge in [-0.3, -0.25) is 4.99 Å². The maximum absolute atomic E-state index is 9.36. The summed E-state index contributed by atoms with van der Waals surface area (Å²) in [5.74, 6) is 0.868. The molecular weight excluding hydrogens is 258 g/mol. The van der Waals surface area contributed by atoms with Crippen molar-refractivity contribution in [1.29, 1.82) is 0 Å². The summed E-state index contributed by atoms with van der Waals surface area (Å²) in [7, 11) is 0. The van der Waals surface area contributed by atoms with Gasteiger partial charge in [0.05, 0.1) is 19.1 Å². The Morgan fingerprint density at radius 3 is 2.79 bits per heavy atom. The highest BCUT2D eigenvalue weighted by Crippen LogP contribution is 2.29. The van der Waals surface area contributed by atoms with Crippen molar-refractivity contribution < 1.29 is 5.11 Å². The minimum atomic E-state index is 0.155. The van der Waals surface area contributed by atoms with Crippen molar-refractivity contribution >= 4 is 17.3 Å². The monoisotopic (exact) mass is 273 g/mol. The van der Waals surface area contributed by atoms with Crippen LogP contribution in [0, 0.1) is 0 Å². The van der Waals surface area contributed by atoms with Crippen LogP contribution in [-0.4, -0.2) is 22.5 Å². The maximum atomic E-state index is 9.36. The molecular formula is C14H15N3OS. The Bertz CT molecular complexity index is 577. The molecule has 0 aliphatic carbocycles. The average Bonchev–Trinajstić information content (AvgIpc) is 3.03. The molecule has 0 saturated heterocycles. The summed E-state index contributed by atoms with van der Waals surface area (Å²) in [4.78, 5) is 7.72. The highest BCUT2D eigenvalue weighted by atomic mass is 32.1. The average molecular weight is 273 g/mol. The van der Waals surface area contributed by atoms with Crippen molar-refractivity contribution in [2.75, 3.05) is 6.54 Å². The molecule has 1 aliphatic heterocycles. The van der Waals surface area contributed by atoms with E-state index in [0.717, 1.165) is 12.1 Å². The van der Waals surface area contributed by atoms with Crippen LogP contribution in [0.3, 0.4) is 0 Å². The number of nitrogens with two attached hydrogens (primary N) is 1. The van der Waals surface area contributed by atoms with Gasteiger partial charge in [-0.15, -0.1) is 11.3 Å². The summed E-state index contributed by atoms with van der Waals surface area (Å²) in [5.41, 5.74) is 7.11. The third-order valence-electron chi connectivity index (χ3n) is 3.28. The molecule has 5 heteroatoms. The lowest BCUT2D eigenvalue weighted by molar-refractivity contribution is 0.343. The van der Waals surface area contributed by atoms with Gasteiger partial charge in [0.2, 0.25) is 0 Å². The lowest BCUT2D eigenvalue weighted by atomic mass is 10.1. The van der Waals surface area contributed by atoms with Gasteiger partial charge in [-0.1, -0.05) is 18.2 Å². The van der Waals surface area contributed by atoms with Gasteiger partial charge >= 0.3 is 0 Å². The van der Waals surface area contributed by atoms with Gasteiger partial charge in [0.25, 0.3) is 0 Å². The summed E-state index contributed by atoms with van der Waals surface area (Å²) in [6.45, 7) is 1.44. The third kappa shape index (κ3) is 2.42. The van der Waals surface area contributed by atoms with Gasteiger partial charge < -0.3 is 15.7 Å². The number of aromatic hydroxyl groups is 1. The molecule has 0 saturated carbocycles. The van der Waals surface area contributed by atoms with E-state index < -0.39 is 0 Å². The van der Waals surface area contributed by atoms with E-state index in [1.807, 2.05) is 18.2 Å². The first kappa shape index (κ1) is 12.0. The van der Waals surface area contributed by atoms with Crippen LogP contribution in [0.15, 0.2) is 46.8 Å². The first-order chi connectivity index (χ1) is 9.24. The first-order valence-electron chi connectivity index (χ1n) is 6.12. The summed E-state index contributed by atoms with van der Waals surface area (Å²) < 4.78 is 0. The Morgan fingerprint density at radius 2 is 2.11 bits per heavy atom. The Morgan fingerprint density at radius 1 is 1.32 bits per heavy atom. The van der Waals surface area contributed by atoms with Crippen LogP contribution in [0.1, 0.15) is 16.5 Å². The minimum absolute atomic E-state index is 0.155. The molecule has 2 aromatic rings. The molecule has 19 heavy (non-hydrogen) atoms. The van der Waals surface area contributed by atoms with Crippen molar-refractivity contribution in [1.82, 2.24) is 4.90 Å². The van der Waals surface area contributed by atoms with E-state index in [9.17, 15) is 5.11 Å². The van der Waals surface area contributed by atoms with Crippen molar-refractivity contribution in [3.63, 3.8) is 0 Å². The largest absolute Gasteiger partial charge is 0.508 e. The lowest BCUT2D eigenvalue weighted by Crippen LogP contribution is -2.35. The van der Waals surface area contributed by atoms with Crippen molar-refractivity contribution in [3.8, 4) is 5.75 Å². The summed E-state index contributed by atoms with van der Waals surface area (Å²) in [5, 5.41) is 11.4. The third-order valence-corrected chi connectivity index (χ3v) is 4.14. The predicted molar refractivity (Wildman–Crippen MR) is 77.2 cm³/mol. The van der Waals surface area contributed by atoms with E-state index in [4.69, 9.17) is 5.73 Å². The minimum Gasteiger partial charge on any atom is -0.508 e. The number of hydrogen-bond acceptors (Lipinski definition) is 5. The molecule has 1 atom stereocenters. The van der Waals surface area contributed by atoms with E-state index in [2.05, 4.69) is 21.3 Å². The summed E-state index contributed by atoms with van der Waals surface area (Å²) in [6, 6.07) is 11.6. The van der Waals surface area contributed by atoms with Gasteiger partial charge in [0.1, 0.15) is 5.75 Å². The second-order valence-corrected chi connectivity index (χ2v) is 5.55. The van der Waals surface area contributed by atoms with Gasteiger partial charge in [-0.05, 0) is 29.1 Å². The Hall–Kier alpha value is -2.01. The molecule has 1 aromatic carbocycles. The fraction of sp³-hybridized carbons (Fsp3) is 0.214. The molecule has 3 rings (SSSR count). The maximum Gasteiger partial charge on any atom is 0.192 e. The van der Waals surface area contributed by atoms with Crippen LogP contribution in [0.4, 0.5) is 0 Å². The highest BCUT2D eigenvalue weighted by Gasteiger charge is 2.27. The quantitative estimate of drug-likeness (QED) is 0.902. The van der Waals surface area contributed by atoms with Gasteiger partial charge in [0.15, 0.2) is 5.96 Å². The number of hydrogen-bond donors (Lipinski definition) is 2. The summed E-state index contributed by atoms with van der Waals surface area (Å²) in [6.07, 6.45) is 0. The normalized spacial score (nSPS) is 18.6. The van der Waals surface area contributed by atoms with E-state index in [1.165, 1.54) is 4.88 Å². The standard InChI is InChI=1S/C14H15N3OS/c15-14-16-8-13(10-3-5-11(18)6-4-10)17(14)9-12-2-1-7-19-12/h1-7,13,18H,8-9H2,(H2,15,16). The molecule has 0 radical (unpaired) electrons. The summed E-state index contributed by atoms with van der Waals surface area (Å²) >= 11 is 1.72. The number of phenols is 1. The highest BCUT2D eigenvalue weighted by molar-refractivity contribution is 7.09. The number of thiophene rings is 1. The second kappa shape index (κ2) is 4.93. The zero-order chi connectivity index (χ0) is 13.2. The number of rotatable bonds is 3. The van der Waals surface area contributed by atoms with Gasteiger partial charge in [-0.25, -0.2) is 0 Å². The molecule has 0 spiro atoms. The van der Waals surface area contributed by atoms with E-state index >= 15 is 0 Å². The van der Waals surface area contributed by atoms with Crippen LogP contribution in [0.2, 0.25) is 0 Å². The molecule has 1 aromatic heterocycles. The molecule has 4 nitrogen and oxygen atoms in total. The smallest absolute Gasteiger partial charge is 0.192 e. The fourth-order valence-electron chi connectivity index (χ4n) is 2.27. The Balaban J connectivity index is 1.83. The fourth-order valence-corrected chi connectivity index (χ4v) is 2.98. The molecule has 0 amide bonds. The molecule has 0 bridgehead atoms. The van der Waals surface area contributed by atoms with E-state index in [-0.39, 0.29) is 11.8 Å². The van der Waals surface area contributed by atoms with Gasteiger partial charge in [0, 0.05) is 4.88 Å². The zero-order valence-corrected chi connectivity index (χ0v) is 11.2. The number of guanidine groups is 1. The van der Waals surface area contributed by atoms with Crippen molar-refractivity contribution in [2.24, 2.45) is 10.7 Å². The van der Waals surface area contributed by atoms with Crippen molar-refractivity contribution in [2.45, 2.75) is 12.6 Å². The number of phenolic OH excluding ortho intramolecular Hbond substituents is 1. The lowest BCUT2D eigenvalue weighted by Gasteiger charge is -2.26. The molecule has 98 valence electrons.